The molecule has 1 aliphatic rings. The molecule has 0 spiro atoms. The van der Waals surface area contributed by atoms with Crippen molar-refractivity contribution in [1.29, 1.82) is 0 Å². The predicted molar refractivity (Wildman–Crippen MR) is 82.4 cm³/mol. The van der Waals surface area contributed by atoms with E-state index in [4.69, 9.17) is 0 Å². The molecule has 5 nitrogen and oxygen atoms in total. The molecule has 0 atom stereocenters. The molecule has 1 aliphatic carbocycles. The summed E-state index contributed by atoms with van der Waals surface area (Å²) in [5, 5.41) is 12.7. The lowest BCUT2D eigenvalue weighted by molar-refractivity contribution is 0.120. The van der Waals surface area contributed by atoms with Crippen LogP contribution < -0.4 is 10.0 Å². The molecule has 21 heavy (non-hydrogen) atoms. The Kier molecular flexibility index (Phi) is 5.75. The Labute approximate surface area is 126 Å². The normalized spacial score (nSPS) is 23.1. The van der Waals surface area contributed by atoms with Crippen LogP contribution in [-0.4, -0.2) is 32.2 Å². The standard InChI is InChI=1S/C15H24N2O3S/c1-2-16-11-12-3-9-15(10-4-12)21(19,20)17-13-5-7-14(18)8-6-13/h3-4,9-10,13-14,16-18H,2,5-8,11H2,1H3. The van der Waals surface area contributed by atoms with E-state index in [-0.39, 0.29) is 12.1 Å². The van der Waals surface area contributed by atoms with Crippen molar-refractivity contribution in [1.82, 2.24) is 10.0 Å². The summed E-state index contributed by atoms with van der Waals surface area (Å²) in [6.45, 7) is 3.66. The average Bonchev–Trinajstić information content (AvgIpc) is 2.48. The van der Waals surface area contributed by atoms with Gasteiger partial charge in [-0.1, -0.05) is 19.1 Å². The van der Waals surface area contributed by atoms with Gasteiger partial charge >= 0.3 is 0 Å². The van der Waals surface area contributed by atoms with Gasteiger partial charge in [0.15, 0.2) is 0 Å². The summed E-state index contributed by atoms with van der Waals surface area (Å²) in [6.07, 6.45) is 2.43. The summed E-state index contributed by atoms with van der Waals surface area (Å²) >= 11 is 0. The zero-order chi connectivity index (χ0) is 15.3. The fourth-order valence-electron chi connectivity index (χ4n) is 2.54. The van der Waals surface area contributed by atoms with Gasteiger partial charge in [-0.05, 0) is 49.9 Å². The molecule has 3 N–H and O–H groups in total. The van der Waals surface area contributed by atoms with Gasteiger partial charge in [-0.25, -0.2) is 13.1 Å². The van der Waals surface area contributed by atoms with Crippen LogP contribution in [0.15, 0.2) is 29.2 Å². The number of aliphatic hydroxyl groups is 1. The van der Waals surface area contributed by atoms with Gasteiger partial charge in [-0.2, -0.15) is 0 Å². The van der Waals surface area contributed by atoms with E-state index in [9.17, 15) is 13.5 Å². The molecule has 0 unspecified atom stereocenters. The first-order valence-corrected chi connectivity index (χ1v) is 8.99. The van der Waals surface area contributed by atoms with E-state index in [0.717, 1.165) is 18.7 Å². The lowest BCUT2D eigenvalue weighted by atomic mass is 9.94. The van der Waals surface area contributed by atoms with Crippen LogP contribution in [0.4, 0.5) is 0 Å². The van der Waals surface area contributed by atoms with E-state index >= 15 is 0 Å². The first-order chi connectivity index (χ1) is 10.0. The molecular weight excluding hydrogens is 288 g/mol. The maximum Gasteiger partial charge on any atom is 0.240 e. The summed E-state index contributed by atoms with van der Waals surface area (Å²) < 4.78 is 27.4. The third-order valence-electron chi connectivity index (χ3n) is 3.83. The molecule has 0 radical (unpaired) electrons. The maximum atomic E-state index is 12.3. The molecule has 6 heteroatoms. The third kappa shape index (κ3) is 4.78. The highest BCUT2D eigenvalue weighted by atomic mass is 32.2. The van der Waals surface area contributed by atoms with E-state index in [1.54, 1.807) is 12.1 Å². The van der Waals surface area contributed by atoms with Gasteiger partial charge in [0, 0.05) is 12.6 Å². The third-order valence-corrected chi connectivity index (χ3v) is 5.37. The van der Waals surface area contributed by atoms with E-state index < -0.39 is 10.0 Å². The van der Waals surface area contributed by atoms with E-state index in [1.165, 1.54) is 0 Å². The topological polar surface area (TPSA) is 78.4 Å². The Morgan fingerprint density at radius 1 is 1.14 bits per heavy atom. The van der Waals surface area contributed by atoms with Gasteiger partial charge in [-0.15, -0.1) is 0 Å². The van der Waals surface area contributed by atoms with Gasteiger partial charge in [-0.3, -0.25) is 0 Å². The SMILES string of the molecule is CCNCc1ccc(S(=O)(=O)NC2CCC(O)CC2)cc1. The van der Waals surface area contributed by atoms with Crippen molar-refractivity contribution in [2.45, 2.75) is 56.2 Å². The predicted octanol–water partition coefficient (Wildman–Crippen LogP) is 1.38. The van der Waals surface area contributed by atoms with Crippen LogP contribution in [0.2, 0.25) is 0 Å². The van der Waals surface area contributed by atoms with Crippen LogP contribution in [0.25, 0.3) is 0 Å². The van der Waals surface area contributed by atoms with Crippen molar-refractivity contribution in [2.75, 3.05) is 6.54 Å². The smallest absolute Gasteiger partial charge is 0.240 e. The number of nitrogens with one attached hydrogen (secondary N) is 2. The van der Waals surface area contributed by atoms with Gasteiger partial charge in [0.05, 0.1) is 11.0 Å². The molecule has 1 saturated carbocycles. The van der Waals surface area contributed by atoms with E-state index in [1.807, 2.05) is 19.1 Å². The zero-order valence-corrected chi connectivity index (χ0v) is 13.2. The Hall–Kier alpha value is -0.950. The first-order valence-electron chi connectivity index (χ1n) is 7.51. The molecule has 0 saturated heterocycles. The highest BCUT2D eigenvalue weighted by molar-refractivity contribution is 7.89. The molecule has 0 amide bonds. The minimum Gasteiger partial charge on any atom is -0.393 e. The summed E-state index contributed by atoms with van der Waals surface area (Å²) in [7, 11) is -3.47. The Balaban J connectivity index is 1.98. The first kappa shape index (κ1) is 16.4. The van der Waals surface area contributed by atoms with Gasteiger partial charge in [0.25, 0.3) is 0 Å². The summed E-state index contributed by atoms with van der Waals surface area (Å²) in [5.41, 5.74) is 1.07. The molecule has 118 valence electrons. The molecule has 1 aromatic carbocycles. The number of hydrogen-bond donors (Lipinski definition) is 3. The quantitative estimate of drug-likeness (QED) is 0.741. The second-order valence-electron chi connectivity index (χ2n) is 5.55. The summed E-state index contributed by atoms with van der Waals surface area (Å²) in [4.78, 5) is 0.300. The van der Waals surface area contributed by atoms with Gasteiger partial charge in [0.2, 0.25) is 10.0 Å². The fourth-order valence-corrected chi connectivity index (χ4v) is 3.84. The summed E-state index contributed by atoms with van der Waals surface area (Å²) in [6, 6.07) is 6.89. The van der Waals surface area contributed by atoms with Crippen LogP contribution in [0.1, 0.15) is 38.2 Å². The minimum atomic E-state index is -3.47. The monoisotopic (exact) mass is 312 g/mol. The van der Waals surface area contributed by atoms with Gasteiger partial charge in [0.1, 0.15) is 0 Å². The van der Waals surface area contributed by atoms with E-state index in [0.29, 0.717) is 30.6 Å². The van der Waals surface area contributed by atoms with Crippen LogP contribution in [0, 0.1) is 0 Å². The molecule has 0 heterocycles. The van der Waals surface area contributed by atoms with Crippen molar-refractivity contribution in [3.63, 3.8) is 0 Å². The second-order valence-corrected chi connectivity index (χ2v) is 7.26. The molecule has 0 aromatic heterocycles. The fraction of sp³-hybridized carbons (Fsp3) is 0.600. The lowest BCUT2D eigenvalue weighted by Crippen LogP contribution is -2.38. The molecule has 1 aromatic rings. The Bertz CT molecular complexity index is 535. The largest absolute Gasteiger partial charge is 0.393 e. The van der Waals surface area contributed by atoms with Crippen molar-refractivity contribution in [3.05, 3.63) is 29.8 Å². The van der Waals surface area contributed by atoms with Crippen molar-refractivity contribution in [2.24, 2.45) is 0 Å². The number of sulfonamides is 1. The van der Waals surface area contributed by atoms with Crippen LogP contribution in [0.5, 0.6) is 0 Å². The van der Waals surface area contributed by atoms with Crippen LogP contribution >= 0.6 is 0 Å². The molecule has 1 fully saturated rings. The highest BCUT2D eigenvalue weighted by Gasteiger charge is 2.24. The molecule has 0 aliphatic heterocycles. The number of hydrogen-bond acceptors (Lipinski definition) is 4. The van der Waals surface area contributed by atoms with Crippen molar-refractivity contribution >= 4 is 10.0 Å². The van der Waals surface area contributed by atoms with Crippen molar-refractivity contribution < 1.29 is 13.5 Å². The Morgan fingerprint density at radius 3 is 2.33 bits per heavy atom. The van der Waals surface area contributed by atoms with Crippen LogP contribution in [-0.2, 0) is 16.6 Å². The van der Waals surface area contributed by atoms with Crippen molar-refractivity contribution in [3.8, 4) is 0 Å². The summed E-state index contributed by atoms with van der Waals surface area (Å²) in [5.74, 6) is 0. The maximum absolute atomic E-state index is 12.3. The number of rotatable bonds is 6. The van der Waals surface area contributed by atoms with Crippen LogP contribution in [0.3, 0.4) is 0 Å². The zero-order valence-electron chi connectivity index (χ0n) is 12.4. The highest BCUT2D eigenvalue weighted by Crippen LogP contribution is 2.20. The molecular formula is C15H24N2O3S. The number of aliphatic hydroxyl groups excluding tert-OH is 1. The minimum absolute atomic E-state index is 0.0696. The average molecular weight is 312 g/mol. The number of benzene rings is 1. The van der Waals surface area contributed by atoms with Gasteiger partial charge < -0.3 is 10.4 Å². The molecule has 0 bridgehead atoms. The molecule has 2 rings (SSSR count). The second kappa shape index (κ2) is 7.35. The Morgan fingerprint density at radius 2 is 1.76 bits per heavy atom. The van der Waals surface area contributed by atoms with E-state index in [2.05, 4.69) is 10.0 Å². The lowest BCUT2D eigenvalue weighted by Gasteiger charge is -2.26.